The van der Waals surface area contributed by atoms with Gasteiger partial charge in [-0.05, 0) is 45.2 Å². The van der Waals surface area contributed by atoms with Crippen molar-refractivity contribution >= 4 is 0 Å². The Morgan fingerprint density at radius 3 is 2.81 bits per heavy atom. The van der Waals surface area contributed by atoms with Gasteiger partial charge in [-0.3, -0.25) is 4.68 Å². The highest BCUT2D eigenvalue weighted by molar-refractivity contribution is 5.11. The number of nitrogens with one attached hydrogen (secondary N) is 1. The number of hydrogen-bond acceptors (Lipinski definition) is 2. The van der Waals surface area contributed by atoms with E-state index >= 15 is 0 Å². The zero-order chi connectivity index (χ0) is 11.5. The molecule has 1 saturated carbocycles. The molecule has 1 fully saturated rings. The lowest BCUT2D eigenvalue weighted by Crippen LogP contribution is -2.33. The van der Waals surface area contributed by atoms with Gasteiger partial charge in [0, 0.05) is 24.7 Å². The van der Waals surface area contributed by atoms with Crippen molar-refractivity contribution in [1.82, 2.24) is 15.1 Å². The Morgan fingerprint density at radius 2 is 2.25 bits per heavy atom. The van der Waals surface area contributed by atoms with E-state index in [1.54, 1.807) is 0 Å². The van der Waals surface area contributed by atoms with Gasteiger partial charge in [-0.2, -0.15) is 5.10 Å². The number of rotatable bonds is 6. The van der Waals surface area contributed by atoms with Crippen LogP contribution in [0.25, 0.3) is 0 Å². The number of aryl methyl sites for hydroxylation is 2. The van der Waals surface area contributed by atoms with Gasteiger partial charge < -0.3 is 5.32 Å². The van der Waals surface area contributed by atoms with E-state index in [2.05, 4.69) is 41.9 Å². The number of likely N-dealkylation sites (N-methyl/N-ethyl adjacent to an activating group) is 1. The summed E-state index contributed by atoms with van der Waals surface area (Å²) in [6.07, 6.45) is 3.93. The molecule has 0 bridgehead atoms. The Kier molecular flexibility index (Phi) is 3.64. The van der Waals surface area contributed by atoms with Crippen molar-refractivity contribution < 1.29 is 0 Å². The molecule has 0 spiro atoms. The van der Waals surface area contributed by atoms with Crippen LogP contribution in [0.15, 0.2) is 6.07 Å². The highest BCUT2D eigenvalue weighted by Gasteiger charge is 2.31. The highest BCUT2D eigenvalue weighted by atomic mass is 15.3. The quantitative estimate of drug-likeness (QED) is 0.797. The first-order chi connectivity index (χ1) is 7.74. The molecule has 3 nitrogen and oxygen atoms in total. The first-order valence-electron chi connectivity index (χ1n) is 6.51. The predicted octanol–water partition coefficient (Wildman–Crippen LogP) is 2.14. The Hall–Kier alpha value is -0.830. The second kappa shape index (κ2) is 5.00. The maximum Gasteiger partial charge on any atom is 0.0596 e. The van der Waals surface area contributed by atoms with E-state index in [1.807, 2.05) is 0 Å². The molecular weight excluding hydrogens is 198 g/mol. The Morgan fingerprint density at radius 1 is 1.50 bits per heavy atom. The van der Waals surface area contributed by atoms with E-state index in [0.717, 1.165) is 31.1 Å². The molecule has 1 N–H and O–H groups in total. The fourth-order valence-corrected chi connectivity index (χ4v) is 2.43. The van der Waals surface area contributed by atoms with Gasteiger partial charge in [0.05, 0.1) is 5.69 Å². The molecule has 1 heterocycles. The first-order valence-corrected chi connectivity index (χ1v) is 6.51. The van der Waals surface area contributed by atoms with Crippen molar-refractivity contribution in [2.45, 2.75) is 52.6 Å². The molecule has 1 aliphatic rings. The van der Waals surface area contributed by atoms with Crippen LogP contribution in [-0.4, -0.2) is 22.4 Å². The van der Waals surface area contributed by atoms with Crippen molar-refractivity contribution in [3.05, 3.63) is 17.5 Å². The second-order valence-electron chi connectivity index (χ2n) is 4.80. The van der Waals surface area contributed by atoms with Gasteiger partial charge in [0.25, 0.3) is 0 Å². The average molecular weight is 221 g/mol. The van der Waals surface area contributed by atoms with Crippen molar-refractivity contribution in [3.8, 4) is 0 Å². The molecule has 1 atom stereocenters. The van der Waals surface area contributed by atoms with Crippen LogP contribution in [0.1, 0.15) is 38.1 Å². The number of nitrogens with zero attached hydrogens (tertiary/aromatic N) is 2. The van der Waals surface area contributed by atoms with Crippen molar-refractivity contribution in [3.63, 3.8) is 0 Å². The monoisotopic (exact) mass is 221 g/mol. The molecule has 0 radical (unpaired) electrons. The molecule has 2 rings (SSSR count). The maximum absolute atomic E-state index is 4.51. The minimum atomic E-state index is 0.659. The summed E-state index contributed by atoms with van der Waals surface area (Å²) in [6.45, 7) is 8.48. The third-order valence-corrected chi connectivity index (χ3v) is 3.37. The summed E-state index contributed by atoms with van der Waals surface area (Å²) in [5, 5.41) is 8.12. The van der Waals surface area contributed by atoms with Crippen LogP contribution in [0, 0.1) is 12.8 Å². The fraction of sp³-hybridized carbons (Fsp3) is 0.769. The summed E-state index contributed by atoms with van der Waals surface area (Å²) in [4.78, 5) is 0. The lowest BCUT2D eigenvalue weighted by Gasteiger charge is -2.17. The SMILES string of the molecule is CCNC(Cc1cc(C)nn1CC)C1CC1. The molecular formula is C13H23N3. The van der Waals surface area contributed by atoms with E-state index in [1.165, 1.54) is 18.5 Å². The summed E-state index contributed by atoms with van der Waals surface area (Å²) >= 11 is 0. The fourth-order valence-electron chi connectivity index (χ4n) is 2.43. The minimum absolute atomic E-state index is 0.659. The molecule has 16 heavy (non-hydrogen) atoms. The van der Waals surface area contributed by atoms with Crippen molar-refractivity contribution in [1.29, 1.82) is 0 Å². The van der Waals surface area contributed by atoms with Crippen LogP contribution in [-0.2, 0) is 13.0 Å². The van der Waals surface area contributed by atoms with Gasteiger partial charge in [0.2, 0.25) is 0 Å². The minimum Gasteiger partial charge on any atom is -0.314 e. The zero-order valence-corrected chi connectivity index (χ0v) is 10.7. The van der Waals surface area contributed by atoms with Gasteiger partial charge in [0.1, 0.15) is 0 Å². The zero-order valence-electron chi connectivity index (χ0n) is 10.7. The van der Waals surface area contributed by atoms with Gasteiger partial charge in [-0.25, -0.2) is 0 Å². The molecule has 3 heteroatoms. The second-order valence-corrected chi connectivity index (χ2v) is 4.80. The van der Waals surface area contributed by atoms with E-state index in [0.29, 0.717) is 6.04 Å². The molecule has 1 unspecified atom stereocenters. The number of hydrogen-bond donors (Lipinski definition) is 1. The third-order valence-electron chi connectivity index (χ3n) is 3.37. The van der Waals surface area contributed by atoms with Crippen LogP contribution in [0.5, 0.6) is 0 Å². The molecule has 1 aromatic heterocycles. The van der Waals surface area contributed by atoms with E-state index in [9.17, 15) is 0 Å². The molecule has 0 aliphatic heterocycles. The Balaban J connectivity index is 2.04. The lowest BCUT2D eigenvalue weighted by atomic mass is 10.1. The summed E-state index contributed by atoms with van der Waals surface area (Å²) in [5.41, 5.74) is 2.53. The largest absolute Gasteiger partial charge is 0.314 e. The van der Waals surface area contributed by atoms with Gasteiger partial charge >= 0.3 is 0 Å². The predicted molar refractivity (Wildman–Crippen MR) is 66.5 cm³/mol. The molecule has 0 amide bonds. The standard InChI is InChI=1S/C13H23N3/c1-4-14-13(11-6-7-11)9-12-8-10(3)15-16(12)5-2/h8,11,13-14H,4-7,9H2,1-3H3. The van der Waals surface area contributed by atoms with E-state index in [-0.39, 0.29) is 0 Å². The molecule has 1 aromatic rings. The molecule has 1 aliphatic carbocycles. The summed E-state index contributed by atoms with van der Waals surface area (Å²) < 4.78 is 2.14. The normalized spacial score (nSPS) is 17.7. The van der Waals surface area contributed by atoms with E-state index in [4.69, 9.17) is 0 Å². The van der Waals surface area contributed by atoms with Gasteiger partial charge in [-0.15, -0.1) is 0 Å². The molecule has 0 saturated heterocycles. The van der Waals surface area contributed by atoms with Crippen molar-refractivity contribution in [2.24, 2.45) is 5.92 Å². The van der Waals surface area contributed by atoms with Crippen LogP contribution in [0.2, 0.25) is 0 Å². The molecule has 90 valence electrons. The first kappa shape index (κ1) is 11.6. The number of aromatic nitrogens is 2. The summed E-state index contributed by atoms with van der Waals surface area (Å²) in [5.74, 6) is 0.903. The third kappa shape index (κ3) is 2.64. The Labute approximate surface area is 98.2 Å². The van der Waals surface area contributed by atoms with Crippen LogP contribution < -0.4 is 5.32 Å². The average Bonchev–Trinajstić information content (AvgIpc) is 3.03. The smallest absolute Gasteiger partial charge is 0.0596 e. The topological polar surface area (TPSA) is 29.9 Å². The van der Waals surface area contributed by atoms with Crippen LogP contribution in [0.4, 0.5) is 0 Å². The van der Waals surface area contributed by atoms with Gasteiger partial charge in [-0.1, -0.05) is 6.92 Å². The maximum atomic E-state index is 4.51. The molecule has 0 aromatic carbocycles. The summed E-state index contributed by atoms with van der Waals surface area (Å²) in [7, 11) is 0. The summed E-state index contributed by atoms with van der Waals surface area (Å²) in [6, 6.07) is 2.89. The van der Waals surface area contributed by atoms with Crippen LogP contribution >= 0.6 is 0 Å². The van der Waals surface area contributed by atoms with E-state index < -0.39 is 0 Å². The van der Waals surface area contributed by atoms with Crippen molar-refractivity contribution in [2.75, 3.05) is 6.54 Å². The Bertz CT molecular complexity index is 339. The van der Waals surface area contributed by atoms with Gasteiger partial charge in [0.15, 0.2) is 0 Å². The lowest BCUT2D eigenvalue weighted by molar-refractivity contribution is 0.455. The highest BCUT2D eigenvalue weighted by Crippen LogP contribution is 2.34. The van der Waals surface area contributed by atoms with Crippen LogP contribution in [0.3, 0.4) is 0 Å².